The van der Waals surface area contributed by atoms with Gasteiger partial charge in [0, 0.05) is 25.6 Å². The molecule has 2 heterocycles. The lowest BCUT2D eigenvalue weighted by Crippen LogP contribution is -2.42. The second kappa shape index (κ2) is 7.40. The van der Waals surface area contributed by atoms with Gasteiger partial charge >= 0.3 is 0 Å². The van der Waals surface area contributed by atoms with Crippen LogP contribution in [0.4, 0.5) is 5.82 Å². The van der Waals surface area contributed by atoms with Crippen molar-refractivity contribution in [2.45, 2.75) is 39.2 Å². The van der Waals surface area contributed by atoms with E-state index in [-0.39, 0.29) is 24.4 Å². The van der Waals surface area contributed by atoms with Crippen molar-refractivity contribution < 1.29 is 9.59 Å². The Labute approximate surface area is 130 Å². The van der Waals surface area contributed by atoms with Gasteiger partial charge in [0.05, 0.1) is 18.8 Å². The molecule has 0 spiro atoms. The van der Waals surface area contributed by atoms with Crippen LogP contribution in [0, 0.1) is 5.92 Å². The first-order valence-corrected chi connectivity index (χ1v) is 7.82. The molecule has 122 valence electrons. The Morgan fingerprint density at radius 1 is 1.41 bits per heavy atom. The van der Waals surface area contributed by atoms with Crippen molar-refractivity contribution >= 4 is 17.6 Å². The SMILES string of the molecule is CC(C)CC(=O)Nc1ccnn1C1CCN(C(=O)CN)CC1. The molecule has 1 aromatic rings. The van der Waals surface area contributed by atoms with Crippen molar-refractivity contribution in [3.8, 4) is 0 Å². The molecule has 2 amide bonds. The number of nitrogens with two attached hydrogens (primary N) is 1. The first kappa shape index (κ1) is 16.5. The van der Waals surface area contributed by atoms with Gasteiger partial charge in [-0.25, -0.2) is 4.68 Å². The second-order valence-corrected chi connectivity index (χ2v) is 6.12. The molecule has 7 heteroatoms. The standard InChI is InChI=1S/C15H25N5O2/c1-11(2)9-14(21)18-13-3-6-17-20(13)12-4-7-19(8-5-12)15(22)10-16/h3,6,11-12H,4-5,7-10,16H2,1-2H3,(H,18,21). The number of piperidine rings is 1. The lowest BCUT2D eigenvalue weighted by Gasteiger charge is -2.32. The number of amides is 2. The van der Waals surface area contributed by atoms with Crippen molar-refractivity contribution in [1.82, 2.24) is 14.7 Å². The Morgan fingerprint density at radius 3 is 2.68 bits per heavy atom. The van der Waals surface area contributed by atoms with Gasteiger partial charge in [0.1, 0.15) is 5.82 Å². The highest BCUT2D eigenvalue weighted by molar-refractivity contribution is 5.89. The lowest BCUT2D eigenvalue weighted by atomic mass is 10.1. The van der Waals surface area contributed by atoms with E-state index in [9.17, 15) is 9.59 Å². The van der Waals surface area contributed by atoms with Crippen molar-refractivity contribution in [2.24, 2.45) is 11.7 Å². The predicted octanol–water partition coefficient (Wildman–Crippen LogP) is 0.990. The van der Waals surface area contributed by atoms with Crippen molar-refractivity contribution in [3.63, 3.8) is 0 Å². The molecule has 3 N–H and O–H groups in total. The molecule has 0 saturated carbocycles. The number of carbonyl (C=O) groups excluding carboxylic acids is 2. The van der Waals surface area contributed by atoms with Crippen LogP contribution in [0.3, 0.4) is 0 Å². The van der Waals surface area contributed by atoms with Crippen LogP contribution in [0.2, 0.25) is 0 Å². The predicted molar refractivity (Wildman–Crippen MR) is 84.2 cm³/mol. The maximum Gasteiger partial charge on any atom is 0.236 e. The number of likely N-dealkylation sites (tertiary alicyclic amines) is 1. The van der Waals surface area contributed by atoms with Crippen LogP contribution in [-0.4, -0.2) is 46.1 Å². The number of nitrogens with zero attached hydrogens (tertiary/aromatic N) is 3. The zero-order valence-corrected chi connectivity index (χ0v) is 13.3. The second-order valence-electron chi connectivity index (χ2n) is 6.12. The average molecular weight is 307 g/mol. The Kier molecular flexibility index (Phi) is 5.54. The fraction of sp³-hybridized carbons (Fsp3) is 0.667. The quantitative estimate of drug-likeness (QED) is 0.848. The largest absolute Gasteiger partial charge is 0.341 e. The van der Waals surface area contributed by atoms with Crippen LogP contribution in [0.25, 0.3) is 0 Å². The van der Waals surface area contributed by atoms with Gasteiger partial charge in [0.25, 0.3) is 0 Å². The summed E-state index contributed by atoms with van der Waals surface area (Å²) in [5.41, 5.74) is 5.39. The van der Waals surface area contributed by atoms with Crippen LogP contribution in [0.5, 0.6) is 0 Å². The van der Waals surface area contributed by atoms with Gasteiger partial charge in [-0.1, -0.05) is 13.8 Å². The monoisotopic (exact) mass is 307 g/mol. The molecule has 1 aliphatic rings. The molecule has 1 aromatic heterocycles. The van der Waals surface area contributed by atoms with Gasteiger partial charge in [-0.05, 0) is 18.8 Å². The number of nitrogens with one attached hydrogen (secondary N) is 1. The summed E-state index contributed by atoms with van der Waals surface area (Å²) in [6, 6.07) is 2.02. The van der Waals surface area contributed by atoms with E-state index in [1.807, 2.05) is 24.6 Å². The van der Waals surface area contributed by atoms with E-state index in [1.54, 1.807) is 11.1 Å². The number of hydrogen-bond acceptors (Lipinski definition) is 4. The summed E-state index contributed by atoms with van der Waals surface area (Å²) in [6.07, 6.45) is 3.83. The molecule has 2 rings (SSSR count). The van der Waals surface area contributed by atoms with Crippen LogP contribution in [0.1, 0.15) is 39.2 Å². The average Bonchev–Trinajstić information content (AvgIpc) is 2.93. The zero-order valence-electron chi connectivity index (χ0n) is 13.3. The molecule has 1 saturated heterocycles. The van der Waals surface area contributed by atoms with Gasteiger partial charge < -0.3 is 16.0 Å². The number of rotatable bonds is 5. The third-order valence-corrected chi connectivity index (χ3v) is 3.87. The summed E-state index contributed by atoms with van der Waals surface area (Å²) in [5.74, 6) is 1.05. The molecule has 1 aliphatic heterocycles. The molecular formula is C15H25N5O2. The Morgan fingerprint density at radius 2 is 2.09 bits per heavy atom. The summed E-state index contributed by atoms with van der Waals surface area (Å²) >= 11 is 0. The van der Waals surface area contributed by atoms with E-state index in [4.69, 9.17) is 5.73 Å². The molecule has 0 aromatic carbocycles. The molecule has 0 unspecified atom stereocenters. The topological polar surface area (TPSA) is 93.2 Å². The number of hydrogen-bond donors (Lipinski definition) is 2. The molecule has 0 atom stereocenters. The highest BCUT2D eigenvalue weighted by atomic mass is 16.2. The van der Waals surface area contributed by atoms with Gasteiger partial charge in [-0.3, -0.25) is 9.59 Å². The molecule has 0 aliphatic carbocycles. The van der Waals surface area contributed by atoms with E-state index in [0.717, 1.165) is 18.7 Å². The summed E-state index contributed by atoms with van der Waals surface area (Å²) in [7, 11) is 0. The lowest BCUT2D eigenvalue weighted by molar-refractivity contribution is -0.131. The summed E-state index contributed by atoms with van der Waals surface area (Å²) in [6.45, 7) is 5.45. The molecular weight excluding hydrogens is 282 g/mol. The van der Waals surface area contributed by atoms with Crippen molar-refractivity contribution in [2.75, 3.05) is 25.0 Å². The molecule has 1 fully saturated rings. The number of aromatic nitrogens is 2. The first-order chi connectivity index (χ1) is 10.5. The van der Waals surface area contributed by atoms with E-state index >= 15 is 0 Å². The fourth-order valence-electron chi connectivity index (χ4n) is 2.76. The highest BCUT2D eigenvalue weighted by Gasteiger charge is 2.25. The summed E-state index contributed by atoms with van der Waals surface area (Å²) < 4.78 is 1.86. The summed E-state index contributed by atoms with van der Waals surface area (Å²) in [5, 5.41) is 7.26. The molecule has 22 heavy (non-hydrogen) atoms. The molecule has 0 radical (unpaired) electrons. The highest BCUT2D eigenvalue weighted by Crippen LogP contribution is 2.25. The minimum absolute atomic E-state index is 0.00694. The van der Waals surface area contributed by atoms with Crippen LogP contribution in [-0.2, 0) is 9.59 Å². The Hall–Kier alpha value is -1.89. The van der Waals surface area contributed by atoms with E-state index < -0.39 is 0 Å². The minimum atomic E-state index is -0.00984. The summed E-state index contributed by atoms with van der Waals surface area (Å²) in [4.78, 5) is 25.3. The van der Waals surface area contributed by atoms with E-state index in [0.29, 0.717) is 25.4 Å². The van der Waals surface area contributed by atoms with Crippen LogP contribution >= 0.6 is 0 Å². The van der Waals surface area contributed by atoms with Gasteiger partial charge in [0.2, 0.25) is 11.8 Å². The minimum Gasteiger partial charge on any atom is -0.341 e. The Balaban J connectivity index is 1.96. The number of carbonyl (C=O) groups is 2. The van der Waals surface area contributed by atoms with E-state index in [2.05, 4.69) is 10.4 Å². The smallest absolute Gasteiger partial charge is 0.236 e. The van der Waals surface area contributed by atoms with E-state index in [1.165, 1.54) is 0 Å². The van der Waals surface area contributed by atoms with Crippen LogP contribution < -0.4 is 11.1 Å². The third-order valence-electron chi connectivity index (χ3n) is 3.87. The van der Waals surface area contributed by atoms with Gasteiger partial charge in [-0.2, -0.15) is 5.10 Å². The van der Waals surface area contributed by atoms with Crippen molar-refractivity contribution in [3.05, 3.63) is 12.3 Å². The molecule has 0 bridgehead atoms. The molecule has 7 nitrogen and oxygen atoms in total. The third kappa shape index (κ3) is 4.07. The maximum absolute atomic E-state index is 11.9. The first-order valence-electron chi connectivity index (χ1n) is 7.82. The normalized spacial score (nSPS) is 16.1. The van der Waals surface area contributed by atoms with Crippen LogP contribution in [0.15, 0.2) is 12.3 Å². The van der Waals surface area contributed by atoms with Gasteiger partial charge in [0.15, 0.2) is 0 Å². The maximum atomic E-state index is 11.9. The van der Waals surface area contributed by atoms with Crippen molar-refractivity contribution in [1.29, 1.82) is 0 Å². The fourth-order valence-corrected chi connectivity index (χ4v) is 2.76. The Bertz CT molecular complexity index is 518. The number of anilines is 1. The zero-order chi connectivity index (χ0) is 16.1. The van der Waals surface area contributed by atoms with Gasteiger partial charge in [-0.15, -0.1) is 0 Å².